The number of aromatic nitrogens is 3. The summed E-state index contributed by atoms with van der Waals surface area (Å²) in [7, 11) is 0. The number of aromatic hydroxyl groups is 1. The molecule has 4 aromatic rings. The van der Waals surface area contributed by atoms with Crippen molar-refractivity contribution in [2.75, 3.05) is 49.5 Å². The molecule has 2 fully saturated rings. The number of thiazole rings is 1. The topological polar surface area (TPSA) is 176 Å². The van der Waals surface area contributed by atoms with Crippen molar-refractivity contribution in [2.24, 2.45) is 5.41 Å². The third-order valence-corrected chi connectivity index (χ3v) is 12.3. The minimum Gasteiger partial charge on any atom is -0.507 e. The maximum atomic E-state index is 14.2. The third-order valence-electron chi connectivity index (χ3n) is 11.3. The number of piperazine rings is 1. The average molecular weight is 796 g/mol. The number of aliphatic hydroxyl groups excluding tert-OH is 1. The van der Waals surface area contributed by atoms with Gasteiger partial charge in [0.05, 0.1) is 45.7 Å². The van der Waals surface area contributed by atoms with Crippen LogP contribution in [0.4, 0.5) is 11.5 Å². The van der Waals surface area contributed by atoms with Crippen molar-refractivity contribution >= 4 is 40.6 Å². The summed E-state index contributed by atoms with van der Waals surface area (Å²) < 4.78 is 0. The van der Waals surface area contributed by atoms with Gasteiger partial charge in [-0.2, -0.15) is 0 Å². The largest absolute Gasteiger partial charge is 0.507 e. The lowest BCUT2D eigenvalue weighted by molar-refractivity contribution is -0.144. The van der Waals surface area contributed by atoms with E-state index in [1.54, 1.807) is 23.5 Å². The van der Waals surface area contributed by atoms with Gasteiger partial charge in [-0.3, -0.25) is 19.3 Å². The van der Waals surface area contributed by atoms with Crippen LogP contribution in [0, 0.1) is 12.3 Å². The van der Waals surface area contributed by atoms with Crippen LogP contribution in [0.5, 0.6) is 5.75 Å². The second-order valence-corrected chi connectivity index (χ2v) is 17.3. The van der Waals surface area contributed by atoms with Gasteiger partial charge in [-0.1, -0.05) is 57.2 Å². The van der Waals surface area contributed by atoms with Gasteiger partial charge in [-0.05, 0) is 61.6 Å². The molecule has 2 aromatic heterocycles. The highest BCUT2D eigenvalue weighted by Gasteiger charge is 2.45. The number of para-hydroxylation sites is 1. The van der Waals surface area contributed by atoms with E-state index in [1.165, 1.54) is 4.90 Å². The molecular formula is C42H53N9O5S. The molecule has 2 unspecified atom stereocenters. The molecule has 7 rings (SSSR count). The number of nitrogens with one attached hydrogen (secondary N) is 3. The summed E-state index contributed by atoms with van der Waals surface area (Å²) in [4.78, 5) is 52.8. The van der Waals surface area contributed by atoms with E-state index in [0.29, 0.717) is 24.2 Å². The van der Waals surface area contributed by atoms with Crippen LogP contribution in [0.15, 0.2) is 60.1 Å². The van der Waals surface area contributed by atoms with Crippen LogP contribution in [-0.2, 0) is 14.4 Å². The number of phenolic OH excluding ortho intramolecular Hbond substituents is 1. The number of carbonyl (C=O) groups is 3. The fraction of sp³-hybridized carbons (Fsp3) is 0.476. The number of hydrogen-bond donors (Lipinski definition) is 5. The van der Waals surface area contributed by atoms with E-state index < -0.39 is 23.6 Å². The lowest BCUT2D eigenvalue weighted by Gasteiger charge is -2.45. The van der Waals surface area contributed by atoms with Crippen molar-refractivity contribution in [1.29, 1.82) is 0 Å². The van der Waals surface area contributed by atoms with Gasteiger partial charge < -0.3 is 36.0 Å². The number of β-amino-alcohol motifs (C(OH)–C–C–N with tert-alkyl or cyclic N) is 1. The molecule has 3 aliphatic rings. The number of fused-ring (bicyclic) bond motifs is 3. The number of benzene rings is 2. The summed E-state index contributed by atoms with van der Waals surface area (Å²) >= 11 is 1.58. The molecule has 14 nitrogen and oxygen atoms in total. The molecule has 3 aliphatic heterocycles. The van der Waals surface area contributed by atoms with Crippen LogP contribution in [0.3, 0.4) is 0 Å². The second kappa shape index (κ2) is 16.8. The van der Waals surface area contributed by atoms with Crippen LogP contribution < -0.4 is 20.9 Å². The predicted octanol–water partition coefficient (Wildman–Crippen LogP) is 4.35. The monoisotopic (exact) mass is 795 g/mol. The zero-order chi connectivity index (χ0) is 40.4. The van der Waals surface area contributed by atoms with Gasteiger partial charge in [0.1, 0.15) is 17.8 Å². The molecule has 302 valence electrons. The zero-order valence-corrected chi connectivity index (χ0v) is 34.1. The first-order valence-electron chi connectivity index (χ1n) is 19.7. The van der Waals surface area contributed by atoms with Crippen molar-refractivity contribution in [2.45, 2.75) is 84.2 Å². The van der Waals surface area contributed by atoms with E-state index in [2.05, 4.69) is 40.9 Å². The Kier molecular flexibility index (Phi) is 11.8. The summed E-state index contributed by atoms with van der Waals surface area (Å²) in [5.74, 6) is -0.0490. The van der Waals surface area contributed by atoms with Crippen molar-refractivity contribution in [1.82, 2.24) is 35.6 Å². The molecule has 0 spiro atoms. The summed E-state index contributed by atoms with van der Waals surface area (Å²) in [5.41, 5.74) is 6.35. The van der Waals surface area contributed by atoms with Crippen LogP contribution in [0.1, 0.15) is 64.3 Å². The Balaban J connectivity index is 0.917. The molecule has 3 amide bonds. The van der Waals surface area contributed by atoms with E-state index >= 15 is 0 Å². The van der Waals surface area contributed by atoms with Gasteiger partial charge in [-0.25, -0.2) is 4.98 Å². The van der Waals surface area contributed by atoms with Crippen molar-refractivity contribution in [3.05, 3.63) is 71.4 Å². The van der Waals surface area contributed by atoms with E-state index in [4.69, 9.17) is 0 Å². The maximum Gasteiger partial charge on any atom is 0.246 e. The Morgan fingerprint density at radius 2 is 1.81 bits per heavy atom. The molecule has 2 saturated heterocycles. The van der Waals surface area contributed by atoms with E-state index in [1.807, 2.05) is 82.6 Å². The fourth-order valence-electron chi connectivity index (χ4n) is 8.09. The number of phenols is 1. The van der Waals surface area contributed by atoms with Crippen molar-refractivity contribution in [3.8, 4) is 27.4 Å². The standard InChI is InChI=1S/C42H53N9O5S/c1-25(27-12-14-28(15-13-27)37-26(2)44-24-57-37)45-40(55)34-19-30(52)23-51(34)41(56)38(42(3,4)5)46-36(54)11-8-16-49-17-18-50-29(22-49)21-43-39-33(50)20-32(47-48-39)31-9-6-7-10-35(31)53/h6-7,9-10,12-15,20,24-25,29-30,34,38,52-53H,8,11,16-19,21-23H2,1-5H3,(H,43,48)(H,45,55)(H,46,54)/t25?,29-,30+,34-,38?/m0/s1. The highest BCUT2D eigenvalue weighted by Crippen LogP contribution is 2.36. The number of likely N-dealkylation sites (tertiary alicyclic amines) is 1. The summed E-state index contributed by atoms with van der Waals surface area (Å²) in [6, 6.07) is 15.2. The minimum absolute atomic E-state index is 0.0196. The maximum absolute atomic E-state index is 14.2. The van der Waals surface area contributed by atoms with Crippen LogP contribution in [-0.4, -0.2) is 116 Å². The van der Waals surface area contributed by atoms with Crippen LogP contribution >= 0.6 is 11.3 Å². The molecule has 2 aromatic carbocycles. The lowest BCUT2D eigenvalue weighted by atomic mass is 9.85. The van der Waals surface area contributed by atoms with Gasteiger partial charge in [0.25, 0.3) is 0 Å². The lowest BCUT2D eigenvalue weighted by Crippen LogP contribution is -2.58. The molecule has 5 N–H and O–H groups in total. The number of amides is 3. The highest BCUT2D eigenvalue weighted by atomic mass is 32.1. The van der Waals surface area contributed by atoms with Crippen molar-refractivity contribution < 1.29 is 24.6 Å². The highest BCUT2D eigenvalue weighted by molar-refractivity contribution is 7.13. The number of carbonyl (C=O) groups excluding carboxylic acids is 3. The Morgan fingerprint density at radius 3 is 2.53 bits per heavy atom. The smallest absolute Gasteiger partial charge is 0.246 e. The van der Waals surface area contributed by atoms with Crippen LogP contribution in [0.2, 0.25) is 0 Å². The molecule has 0 saturated carbocycles. The molecule has 0 radical (unpaired) electrons. The molecule has 15 heteroatoms. The Bertz CT molecular complexity index is 2090. The van der Waals surface area contributed by atoms with E-state index in [-0.39, 0.29) is 54.9 Å². The van der Waals surface area contributed by atoms with E-state index in [9.17, 15) is 24.6 Å². The molecular weight excluding hydrogens is 743 g/mol. The molecule has 0 aliphatic carbocycles. The SMILES string of the molecule is Cc1ncsc1-c1ccc(C(C)NC(=O)[C@@H]2C[C@@H](O)CN2C(=O)C(NC(=O)CCCN2CCN3c4cc(-c5ccccc5O)nnc4NC[C@H]3C2)C(C)(C)C)cc1. The number of aliphatic hydroxyl groups is 1. The molecule has 0 bridgehead atoms. The minimum atomic E-state index is -0.881. The number of anilines is 2. The Morgan fingerprint density at radius 1 is 1.04 bits per heavy atom. The van der Waals surface area contributed by atoms with Crippen LogP contribution in [0.25, 0.3) is 21.7 Å². The number of hydrogen-bond acceptors (Lipinski definition) is 12. The Hall–Kier alpha value is -5.12. The summed E-state index contributed by atoms with van der Waals surface area (Å²) in [6.45, 7) is 13.4. The predicted molar refractivity (Wildman–Crippen MR) is 221 cm³/mol. The number of nitrogens with zero attached hydrogens (tertiary/aromatic N) is 6. The molecule has 57 heavy (non-hydrogen) atoms. The first-order chi connectivity index (χ1) is 27.3. The number of aryl methyl sites for hydroxylation is 1. The van der Waals surface area contributed by atoms with Gasteiger partial charge in [0.15, 0.2) is 5.82 Å². The van der Waals surface area contributed by atoms with E-state index in [0.717, 1.165) is 59.4 Å². The second-order valence-electron chi connectivity index (χ2n) is 16.5. The number of rotatable bonds is 11. The summed E-state index contributed by atoms with van der Waals surface area (Å²) in [6.07, 6.45) is 0.140. The molecule has 5 atom stereocenters. The van der Waals surface area contributed by atoms with Crippen molar-refractivity contribution in [3.63, 3.8) is 0 Å². The van der Waals surface area contributed by atoms with Gasteiger partial charge in [0, 0.05) is 51.1 Å². The third kappa shape index (κ3) is 8.90. The molecule has 5 heterocycles. The fourth-order valence-corrected chi connectivity index (χ4v) is 8.90. The Labute approximate surface area is 337 Å². The summed E-state index contributed by atoms with van der Waals surface area (Å²) in [5, 5.41) is 39.3. The van der Waals surface area contributed by atoms with Gasteiger partial charge >= 0.3 is 0 Å². The van der Waals surface area contributed by atoms with Gasteiger partial charge in [0.2, 0.25) is 17.7 Å². The zero-order valence-electron chi connectivity index (χ0n) is 33.2. The quantitative estimate of drug-likeness (QED) is 0.146. The first kappa shape index (κ1) is 40.1. The first-order valence-corrected chi connectivity index (χ1v) is 20.6. The average Bonchev–Trinajstić information content (AvgIpc) is 3.81. The normalized spacial score (nSPS) is 20.6. The van der Waals surface area contributed by atoms with Gasteiger partial charge in [-0.15, -0.1) is 21.5 Å².